The lowest BCUT2D eigenvalue weighted by Crippen LogP contribution is -2.50. The Morgan fingerprint density at radius 3 is 2.06 bits per heavy atom. The summed E-state index contributed by atoms with van der Waals surface area (Å²) in [5.74, 6) is -0.393. The molecule has 0 atom stereocenters. The van der Waals surface area contributed by atoms with Gasteiger partial charge in [-0.15, -0.1) is 0 Å². The van der Waals surface area contributed by atoms with E-state index in [1.807, 2.05) is 13.8 Å². The average Bonchev–Trinajstić information content (AvgIpc) is 2.69. The first-order valence-electron chi connectivity index (χ1n) is 10.5. The lowest BCUT2D eigenvalue weighted by molar-refractivity contribution is -0.121. The van der Waals surface area contributed by atoms with Gasteiger partial charge in [-0.3, -0.25) is 9.10 Å². The Labute approximate surface area is 195 Å². The first-order chi connectivity index (χ1) is 15.2. The van der Waals surface area contributed by atoms with Crippen LogP contribution in [0.3, 0.4) is 0 Å². The normalized spacial score (nSPS) is 12.2. The van der Waals surface area contributed by atoms with Gasteiger partial charge in [0.05, 0.1) is 24.8 Å². The van der Waals surface area contributed by atoms with Gasteiger partial charge in [0.2, 0.25) is 5.91 Å². The van der Waals surface area contributed by atoms with Gasteiger partial charge in [-0.2, -0.15) is 0 Å². The van der Waals surface area contributed by atoms with Crippen LogP contribution in [0.5, 0.6) is 11.5 Å². The molecule has 0 bridgehead atoms. The maximum atomic E-state index is 13.6. The number of nitrogens with zero attached hydrogens (tertiary/aromatic N) is 1. The molecule has 9 heteroatoms. The van der Waals surface area contributed by atoms with Crippen molar-refractivity contribution in [1.29, 1.82) is 0 Å². The highest BCUT2D eigenvalue weighted by atomic mass is 32.2. The highest BCUT2D eigenvalue weighted by Crippen LogP contribution is 2.32. The molecule has 2 aromatic rings. The van der Waals surface area contributed by atoms with Crippen molar-refractivity contribution >= 4 is 21.6 Å². The molecule has 0 aromatic heterocycles. The Bertz CT molecular complexity index is 1080. The van der Waals surface area contributed by atoms with Gasteiger partial charge in [-0.1, -0.05) is 20.8 Å². The molecule has 0 aliphatic carbocycles. The third kappa shape index (κ3) is 7.08. The highest BCUT2D eigenvalue weighted by Gasteiger charge is 2.31. The van der Waals surface area contributed by atoms with Crippen LogP contribution < -0.4 is 19.1 Å². The van der Waals surface area contributed by atoms with Crippen molar-refractivity contribution in [2.45, 2.75) is 51.5 Å². The fourth-order valence-electron chi connectivity index (χ4n) is 3.94. The summed E-state index contributed by atoms with van der Waals surface area (Å²) in [5.41, 5.74) is -0.439. The van der Waals surface area contributed by atoms with E-state index in [9.17, 15) is 17.6 Å². The maximum absolute atomic E-state index is 13.6. The van der Waals surface area contributed by atoms with E-state index in [-0.39, 0.29) is 21.7 Å². The van der Waals surface area contributed by atoms with Crippen molar-refractivity contribution in [2.24, 2.45) is 5.41 Å². The number of nitrogens with one attached hydrogen (secondary N) is 1. The van der Waals surface area contributed by atoms with Crippen LogP contribution in [0, 0.1) is 11.2 Å². The molecule has 0 radical (unpaired) electrons. The molecule has 0 fully saturated rings. The second-order valence-electron chi connectivity index (χ2n) is 9.67. The first kappa shape index (κ1) is 26.4. The number of halogens is 1. The van der Waals surface area contributed by atoms with E-state index in [1.54, 1.807) is 0 Å². The fraction of sp³-hybridized carbons (Fsp3) is 0.458. The molecule has 2 aromatic carbocycles. The molecule has 33 heavy (non-hydrogen) atoms. The van der Waals surface area contributed by atoms with Gasteiger partial charge in [0, 0.05) is 11.6 Å². The van der Waals surface area contributed by atoms with E-state index in [4.69, 9.17) is 9.47 Å². The molecule has 0 aliphatic heterocycles. The number of methoxy groups -OCH3 is 2. The largest absolute Gasteiger partial charge is 0.493 e. The van der Waals surface area contributed by atoms with E-state index in [0.717, 1.165) is 16.4 Å². The number of benzene rings is 2. The minimum Gasteiger partial charge on any atom is -0.493 e. The van der Waals surface area contributed by atoms with Gasteiger partial charge in [0.1, 0.15) is 12.4 Å². The van der Waals surface area contributed by atoms with Crippen molar-refractivity contribution in [3.8, 4) is 11.5 Å². The monoisotopic (exact) mass is 480 g/mol. The molecule has 0 spiro atoms. The van der Waals surface area contributed by atoms with Crippen molar-refractivity contribution in [3.05, 3.63) is 48.3 Å². The zero-order chi connectivity index (χ0) is 25.0. The van der Waals surface area contributed by atoms with Crippen LogP contribution in [-0.2, 0) is 14.8 Å². The number of ether oxygens (including phenoxy) is 2. The summed E-state index contributed by atoms with van der Waals surface area (Å²) in [6, 6.07) is 9.10. The topological polar surface area (TPSA) is 84.9 Å². The molecular formula is C24H33FN2O5S. The van der Waals surface area contributed by atoms with Crippen LogP contribution in [0.25, 0.3) is 0 Å². The first-order valence-corrected chi connectivity index (χ1v) is 11.9. The Balaban J connectivity index is 2.45. The van der Waals surface area contributed by atoms with Gasteiger partial charge in [0.15, 0.2) is 11.5 Å². The van der Waals surface area contributed by atoms with Crippen LogP contribution >= 0.6 is 0 Å². The molecule has 0 saturated heterocycles. The Hall–Kier alpha value is -2.81. The van der Waals surface area contributed by atoms with Gasteiger partial charge >= 0.3 is 0 Å². The molecule has 2 rings (SSSR count). The predicted molar refractivity (Wildman–Crippen MR) is 127 cm³/mol. The Morgan fingerprint density at radius 1 is 0.970 bits per heavy atom. The van der Waals surface area contributed by atoms with Crippen molar-refractivity contribution in [2.75, 3.05) is 25.1 Å². The van der Waals surface area contributed by atoms with Gasteiger partial charge in [-0.05, 0) is 62.1 Å². The fourth-order valence-corrected chi connectivity index (χ4v) is 5.38. The Morgan fingerprint density at radius 2 is 1.55 bits per heavy atom. The standard InChI is InChI=1S/C24H33FN2O5S/c1-23(2,3)16-24(4,5)26-22(28)15-27(18-10-8-17(25)9-11-18)33(29,30)19-12-13-20(31-6)21(14-19)32-7/h8-14H,15-16H2,1-7H3,(H,26,28). The van der Waals surface area contributed by atoms with E-state index in [0.29, 0.717) is 12.2 Å². The third-order valence-corrected chi connectivity index (χ3v) is 6.56. The van der Waals surface area contributed by atoms with E-state index in [2.05, 4.69) is 26.1 Å². The summed E-state index contributed by atoms with van der Waals surface area (Å²) < 4.78 is 52.0. The van der Waals surface area contributed by atoms with Crippen LogP contribution in [0.1, 0.15) is 41.0 Å². The molecule has 0 aliphatic rings. The summed E-state index contributed by atoms with van der Waals surface area (Å²) in [6.07, 6.45) is 0.685. The summed E-state index contributed by atoms with van der Waals surface area (Å²) in [6.45, 7) is 9.49. The lowest BCUT2D eigenvalue weighted by Gasteiger charge is -2.34. The van der Waals surface area contributed by atoms with Crippen LogP contribution in [0.4, 0.5) is 10.1 Å². The smallest absolute Gasteiger partial charge is 0.264 e. The molecule has 0 heterocycles. The summed E-state index contributed by atoms with van der Waals surface area (Å²) in [4.78, 5) is 12.9. The lowest BCUT2D eigenvalue weighted by atomic mass is 9.82. The molecule has 1 N–H and O–H groups in total. The molecular weight excluding hydrogens is 447 g/mol. The zero-order valence-corrected chi connectivity index (χ0v) is 21.0. The number of sulfonamides is 1. The number of amides is 1. The second kappa shape index (κ2) is 9.99. The number of carbonyl (C=O) groups excluding carboxylic acids is 1. The summed E-state index contributed by atoms with van der Waals surface area (Å²) in [7, 11) is -1.35. The predicted octanol–water partition coefficient (Wildman–Crippen LogP) is 4.37. The van der Waals surface area contributed by atoms with Crippen LogP contribution in [-0.4, -0.2) is 40.6 Å². The SMILES string of the molecule is COc1ccc(S(=O)(=O)N(CC(=O)NC(C)(C)CC(C)(C)C)c2ccc(F)cc2)cc1OC. The summed E-state index contributed by atoms with van der Waals surface area (Å²) in [5, 5.41) is 2.92. The van der Waals surface area contributed by atoms with E-state index >= 15 is 0 Å². The maximum Gasteiger partial charge on any atom is 0.264 e. The molecule has 1 amide bonds. The van der Waals surface area contributed by atoms with Gasteiger partial charge < -0.3 is 14.8 Å². The van der Waals surface area contributed by atoms with Crippen molar-refractivity contribution < 1.29 is 27.1 Å². The number of rotatable bonds is 9. The van der Waals surface area contributed by atoms with E-state index < -0.39 is 33.8 Å². The van der Waals surface area contributed by atoms with Gasteiger partial charge in [0.25, 0.3) is 10.0 Å². The van der Waals surface area contributed by atoms with Crippen LogP contribution in [0.15, 0.2) is 47.4 Å². The van der Waals surface area contributed by atoms with E-state index in [1.165, 1.54) is 44.6 Å². The molecule has 182 valence electrons. The minimum absolute atomic E-state index is 0.0425. The number of anilines is 1. The van der Waals surface area contributed by atoms with Gasteiger partial charge in [-0.25, -0.2) is 12.8 Å². The average molecular weight is 481 g/mol. The third-order valence-electron chi connectivity index (χ3n) is 4.79. The second-order valence-corrected chi connectivity index (χ2v) is 11.5. The zero-order valence-electron chi connectivity index (χ0n) is 20.2. The number of hydrogen-bond donors (Lipinski definition) is 1. The van der Waals surface area contributed by atoms with Crippen molar-refractivity contribution in [1.82, 2.24) is 5.32 Å². The van der Waals surface area contributed by atoms with Crippen molar-refractivity contribution in [3.63, 3.8) is 0 Å². The Kier molecular flexibility index (Phi) is 8.00. The molecule has 0 unspecified atom stereocenters. The number of carbonyl (C=O) groups is 1. The van der Waals surface area contributed by atoms with Crippen LogP contribution in [0.2, 0.25) is 0 Å². The molecule has 7 nitrogen and oxygen atoms in total. The minimum atomic E-state index is -4.20. The molecule has 0 saturated carbocycles. The quantitative estimate of drug-likeness (QED) is 0.576. The number of hydrogen-bond acceptors (Lipinski definition) is 5. The summed E-state index contributed by atoms with van der Waals surface area (Å²) >= 11 is 0. The highest BCUT2D eigenvalue weighted by molar-refractivity contribution is 7.92.